The van der Waals surface area contributed by atoms with Crippen LogP contribution in [0.15, 0.2) is 42.5 Å². The van der Waals surface area contributed by atoms with E-state index in [0.717, 1.165) is 40.7 Å². The van der Waals surface area contributed by atoms with Crippen LogP contribution in [0.2, 0.25) is 0 Å². The van der Waals surface area contributed by atoms with Gasteiger partial charge in [-0.25, -0.2) is 0 Å². The molecule has 0 bridgehead atoms. The Hall–Kier alpha value is -1.81. The van der Waals surface area contributed by atoms with Gasteiger partial charge in [-0.05, 0) is 53.3 Å². The molecule has 0 amide bonds. The molecule has 1 unspecified atom stereocenters. The molecule has 0 saturated carbocycles. The molecular weight excluding hydrogens is 378 g/mol. The molecule has 0 fully saturated rings. The molecule has 4 nitrogen and oxygen atoms in total. The van der Waals surface area contributed by atoms with Gasteiger partial charge in [0.05, 0.1) is 32.0 Å². The third-order valence-electron chi connectivity index (χ3n) is 3.99. The molecule has 0 aliphatic heterocycles. The van der Waals surface area contributed by atoms with Crippen molar-refractivity contribution in [3.8, 4) is 17.6 Å². The standard InChI is InChI=1S/C21H25NO3S2/c1-24-20-9-6-17(12-21(20)25-2)14-26-10-3-11-27-15-19(23)18-7-4-16(13-22)5-8-18/h4-9,12,19,23H,3,10-11,14-15H2,1-2H3. The van der Waals surface area contributed by atoms with Crippen LogP contribution >= 0.6 is 23.5 Å². The highest BCUT2D eigenvalue weighted by molar-refractivity contribution is 7.99. The van der Waals surface area contributed by atoms with E-state index >= 15 is 0 Å². The zero-order valence-corrected chi connectivity index (χ0v) is 17.3. The molecule has 0 radical (unpaired) electrons. The minimum absolute atomic E-state index is 0.484. The summed E-state index contributed by atoms with van der Waals surface area (Å²) in [6, 6.07) is 15.2. The lowest BCUT2D eigenvalue weighted by Crippen LogP contribution is -2.01. The van der Waals surface area contributed by atoms with Gasteiger partial charge in [0.1, 0.15) is 0 Å². The molecule has 1 N–H and O–H groups in total. The number of hydrogen-bond acceptors (Lipinski definition) is 6. The fraction of sp³-hybridized carbons (Fsp3) is 0.381. The maximum atomic E-state index is 10.2. The number of thioether (sulfide) groups is 2. The summed E-state index contributed by atoms with van der Waals surface area (Å²) in [5.41, 5.74) is 2.70. The van der Waals surface area contributed by atoms with Crippen LogP contribution in [0.4, 0.5) is 0 Å². The lowest BCUT2D eigenvalue weighted by atomic mass is 10.1. The second-order valence-corrected chi connectivity index (χ2v) is 8.18. The number of nitrogens with zero attached hydrogens (tertiary/aromatic N) is 1. The van der Waals surface area contributed by atoms with Crippen molar-refractivity contribution in [2.75, 3.05) is 31.5 Å². The molecule has 144 valence electrons. The van der Waals surface area contributed by atoms with E-state index in [1.807, 2.05) is 36.0 Å². The average molecular weight is 404 g/mol. The molecule has 6 heteroatoms. The highest BCUT2D eigenvalue weighted by atomic mass is 32.2. The van der Waals surface area contributed by atoms with Gasteiger partial charge in [0.25, 0.3) is 0 Å². The summed E-state index contributed by atoms with van der Waals surface area (Å²) in [6.07, 6.45) is 0.616. The Morgan fingerprint density at radius 3 is 2.37 bits per heavy atom. The Bertz CT molecular complexity index is 744. The van der Waals surface area contributed by atoms with Crippen molar-refractivity contribution in [2.24, 2.45) is 0 Å². The Labute approximate surface area is 169 Å². The Balaban J connectivity index is 1.61. The van der Waals surface area contributed by atoms with E-state index in [9.17, 15) is 5.11 Å². The number of nitriles is 1. The van der Waals surface area contributed by atoms with E-state index in [4.69, 9.17) is 14.7 Å². The smallest absolute Gasteiger partial charge is 0.161 e. The van der Waals surface area contributed by atoms with Crippen LogP contribution < -0.4 is 9.47 Å². The van der Waals surface area contributed by atoms with Crippen LogP contribution in [0.1, 0.15) is 29.2 Å². The number of hydrogen-bond donors (Lipinski definition) is 1. The van der Waals surface area contributed by atoms with Crippen molar-refractivity contribution in [3.05, 3.63) is 59.2 Å². The first-order valence-corrected chi connectivity index (χ1v) is 11.0. The topological polar surface area (TPSA) is 62.5 Å². The highest BCUT2D eigenvalue weighted by Crippen LogP contribution is 2.29. The second-order valence-electron chi connectivity index (χ2n) is 5.92. The highest BCUT2D eigenvalue weighted by Gasteiger charge is 2.08. The summed E-state index contributed by atoms with van der Waals surface area (Å²) in [6.45, 7) is 0. The Morgan fingerprint density at radius 1 is 1.00 bits per heavy atom. The molecule has 0 spiro atoms. The van der Waals surface area contributed by atoms with E-state index < -0.39 is 6.10 Å². The summed E-state index contributed by atoms with van der Waals surface area (Å²) in [4.78, 5) is 0. The molecule has 0 heterocycles. The summed E-state index contributed by atoms with van der Waals surface area (Å²) in [5.74, 6) is 5.23. The van der Waals surface area contributed by atoms with Crippen LogP contribution in [0.5, 0.6) is 11.5 Å². The van der Waals surface area contributed by atoms with Crippen LogP contribution in [0, 0.1) is 11.3 Å². The van der Waals surface area contributed by atoms with E-state index in [0.29, 0.717) is 11.3 Å². The zero-order chi connectivity index (χ0) is 19.5. The Kier molecular flexibility index (Phi) is 9.40. The SMILES string of the molecule is COc1ccc(CSCCCSCC(O)c2ccc(C#N)cc2)cc1OC. The van der Waals surface area contributed by atoms with Crippen LogP contribution in [0.25, 0.3) is 0 Å². The molecule has 0 saturated heterocycles. The van der Waals surface area contributed by atoms with Crippen molar-refractivity contribution in [3.63, 3.8) is 0 Å². The number of benzene rings is 2. The second kappa shape index (κ2) is 11.8. The van der Waals surface area contributed by atoms with Gasteiger partial charge in [0, 0.05) is 11.5 Å². The van der Waals surface area contributed by atoms with E-state index in [1.165, 1.54) is 5.56 Å². The number of methoxy groups -OCH3 is 2. The molecule has 0 aliphatic carbocycles. The maximum Gasteiger partial charge on any atom is 0.161 e. The number of aliphatic hydroxyl groups is 1. The molecule has 2 rings (SSSR count). The normalized spacial score (nSPS) is 11.6. The molecule has 2 aromatic carbocycles. The third kappa shape index (κ3) is 7.02. The van der Waals surface area contributed by atoms with Gasteiger partial charge < -0.3 is 14.6 Å². The first-order valence-electron chi connectivity index (χ1n) is 8.72. The number of ether oxygens (including phenoxy) is 2. The van der Waals surface area contributed by atoms with Crippen LogP contribution in [-0.2, 0) is 5.75 Å². The predicted octanol–water partition coefficient (Wildman–Crippen LogP) is 4.67. The fourth-order valence-corrected chi connectivity index (χ4v) is 4.52. The largest absolute Gasteiger partial charge is 0.493 e. The van der Waals surface area contributed by atoms with Crippen molar-refractivity contribution in [2.45, 2.75) is 18.3 Å². The lowest BCUT2D eigenvalue weighted by molar-refractivity contribution is 0.204. The maximum absolute atomic E-state index is 10.2. The van der Waals surface area contributed by atoms with E-state index in [1.54, 1.807) is 38.1 Å². The van der Waals surface area contributed by atoms with Gasteiger partial charge in [-0.15, -0.1) is 0 Å². The first-order chi connectivity index (χ1) is 13.2. The van der Waals surface area contributed by atoms with Crippen molar-refractivity contribution >= 4 is 23.5 Å². The van der Waals surface area contributed by atoms with E-state index in [2.05, 4.69) is 12.1 Å². The molecule has 2 aromatic rings. The number of rotatable bonds is 11. The van der Waals surface area contributed by atoms with Crippen LogP contribution in [-0.4, -0.2) is 36.6 Å². The molecule has 1 atom stereocenters. The predicted molar refractivity (Wildman–Crippen MR) is 114 cm³/mol. The molecular formula is C21H25NO3S2. The lowest BCUT2D eigenvalue weighted by Gasteiger charge is -2.11. The molecule has 0 aromatic heterocycles. The summed E-state index contributed by atoms with van der Waals surface area (Å²) >= 11 is 3.65. The zero-order valence-electron chi connectivity index (χ0n) is 15.7. The first kappa shape index (κ1) is 21.5. The van der Waals surface area contributed by atoms with Gasteiger partial charge in [-0.3, -0.25) is 0 Å². The van der Waals surface area contributed by atoms with Gasteiger partial charge in [0.2, 0.25) is 0 Å². The summed E-state index contributed by atoms with van der Waals surface area (Å²) < 4.78 is 10.6. The van der Waals surface area contributed by atoms with Crippen LogP contribution in [0.3, 0.4) is 0 Å². The summed E-state index contributed by atoms with van der Waals surface area (Å²) in [7, 11) is 3.29. The van der Waals surface area contributed by atoms with Gasteiger partial charge in [0.15, 0.2) is 11.5 Å². The average Bonchev–Trinajstić information content (AvgIpc) is 2.72. The monoisotopic (exact) mass is 403 g/mol. The molecule has 27 heavy (non-hydrogen) atoms. The van der Waals surface area contributed by atoms with Crippen molar-refractivity contribution in [1.29, 1.82) is 5.26 Å². The minimum atomic E-state index is -0.484. The molecule has 0 aliphatic rings. The number of aliphatic hydroxyl groups excluding tert-OH is 1. The van der Waals surface area contributed by atoms with Gasteiger partial charge >= 0.3 is 0 Å². The summed E-state index contributed by atoms with van der Waals surface area (Å²) in [5, 5.41) is 19.0. The van der Waals surface area contributed by atoms with Gasteiger partial charge in [-0.1, -0.05) is 18.2 Å². The third-order valence-corrected chi connectivity index (χ3v) is 6.24. The quantitative estimate of drug-likeness (QED) is 0.550. The van der Waals surface area contributed by atoms with Gasteiger partial charge in [-0.2, -0.15) is 28.8 Å². The van der Waals surface area contributed by atoms with E-state index in [-0.39, 0.29) is 0 Å². The van der Waals surface area contributed by atoms with Crippen molar-refractivity contribution in [1.82, 2.24) is 0 Å². The van der Waals surface area contributed by atoms with Crippen molar-refractivity contribution < 1.29 is 14.6 Å². The minimum Gasteiger partial charge on any atom is -0.493 e. The fourth-order valence-electron chi connectivity index (χ4n) is 2.49. The Morgan fingerprint density at radius 2 is 1.70 bits per heavy atom.